The van der Waals surface area contributed by atoms with Gasteiger partial charge in [0.25, 0.3) is 0 Å². The molecule has 0 unspecified atom stereocenters. The van der Waals surface area contributed by atoms with Crippen LogP contribution in [0.25, 0.3) is 0 Å². The second-order valence-corrected chi connectivity index (χ2v) is 4.00. The molecular weight excluding hydrogens is 201 g/mol. The molecule has 0 heterocycles. The van der Waals surface area contributed by atoms with Gasteiger partial charge in [0.1, 0.15) is 5.82 Å². The highest BCUT2D eigenvalue weighted by Gasteiger charge is 2.02. The van der Waals surface area contributed by atoms with Gasteiger partial charge in [-0.15, -0.1) is 0 Å². The number of nitrogens with one attached hydrogen (secondary N) is 1. The molecule has 1 aromatic rings. The minimum Gasteiger partial charge on any atom is -0.314 e. The van der Waals surface area contributed by atoms with Gasteiger partial charge in [0.2, 0.25) is 0 Å². The Balaban J connectivity index is 2.53. The molecule has 0 saturated carbocycles. The van der Waals surface area contributed by atoms with Gasteiger partial charge in [0, 0.05) is 11.1 Å². The monoisotopic (exact) mass is 215 g/mol. The average molecular weight is 216 g/mol. The third-order valence-electron chi connectivity index (χ3n) is 1.95. The molecule has 1 rings (SSSR count). The van der Waals surface area contributed by atoms with Crippen LogP contribution >= 0.6 is 11.6 Å². The van der Waals surface area contributed by atoms with Crippen LogP contribution in [-0.2, 0) is 6.42 Å². The summed E-state index contributed by atoms with van der Waals surface area (Å²) in [5.41, 5.74) is 0.861. The first-order valence-corrected chi connectivity index (χ1v) is 5.14. The van der Waals surface area contributed by atoms with Gasteiger partial charge >= 0.3 is 0 Å². The van der Waals surface area contributed by atoms with Crippen LogP contribution < -0.4 is 5.32 Å². The van der Waals surface area contributed by atoms with Crippen LogP contribution in [-0.4, -0.2) is 12.6 Å². The molecule has 1 nitrogen and oxygen atoms in total. The van der Waals surface area contributed by atoms with Crippen molar-refractivity contribution in [1.82, 2.24) is 5.32 Å². The molecule has 3 heteroatoms. The SMILES string of the molecule is CC(C)NCCc1cc(F)ccc1Cl. The van der Waals surface area contributed by atoms with Crippen molar-refractivity contribution < 1.29 is 4.39 Å². The number of halogens is 2. The van der Waals surface area contributed by atoms with Gasteiger partial charge in [-0.3, -0.25) is 0 Å². The largest absolute Gasteiger partial charge is 0.314 e. The fourth-order valence-electron chi connectivity index (χ4n) is 1.23. The van der Waals surface area contributed by atoms with Crippen molar-refractivity contribution in [2.24, 2.45) is 0 Å². The molecule has 0 aliphatic heterocycles. The smallest absolute Gasteiger partial charge is 0.123 e. The lowest BCUT2D eigenvalue weighted by Crippen LogP contribution is -2.25. The maximum atomic E-state index is 12.9. The van der Waals surface area contributed by atoms with Crippen molar-refractivity contribution in [3.63, 3.8) is 0 Å². The molecular formula is C11H15ClFN. The molecule has 0 aromatic heterocycles. The summed E-state index contributed by atoms with van der Waals surface area (Å²) in [6.45, 7) is 4.97. The Morgan fingerprint density at radius 3 is 2.79 bits per heavy atom. The van der Waals surface area contributed by atoms with Crippen LogP contribution in [0.4, 0.5) is 4.39 Å². The molecule has 0 radical (unpaired) electrons. The second-order valence-electron chi connectivity index (χ2n) is 3.59. The third-order valence-corrected chi connectivity index (χ3v) is 2.32. The Morgan fingerprint density at radius 2 is 2.14 bits per heavy atom. The van der Waals surface area contributed by atoms with Crippen LogP contribution in [0.3, 0.4) is 0 Å². The van der Waals surface area contributed by atoms with Crippen molar-refractivity contribution in [1.29, 1.82) is 0 Å². The van der Waals surface area contributed by atoms with Crippen LogP contribution in [0.2, 0.25) is 5.02 Å². The molecule has 0 fully saturated rings. The maximum absolute atomic E-state index is 12.9. The summed E-state index contributed by atoms with van der Waals surface area (Å²) in [5.74, 6) is -0.228. The Kier molecular flexibility index (Phi) is 4.36. The molecule has 0 aliphatic carbocycles. The molecule has 0 bridgehead atoms. The summed E-state index contributed by atoms with van der Waals surface area (Å²) in [5, 5.41) is 3.90. The van der Waals surface area contributed by atoms with E-state index in [1.165, 1.54) is 12.1 Å². The number of benzene rings is 1. The van der Waals surface area contributed by atoms with Gasteiger partial charge < -0.3 is 5.32 Å². The fraction of sp³-hybridized carbons (Fsp3) is 0.455. The Hall–Kier alpha value is -0.600. The van der Waals surface area contributed by atoms with Gasteiger partial charge in [-0.2, -0.15) is 0 Å². The molecule has 14 heavy (non-hydrogen) atoms. The molecule has 0 saturated heterocycles. The zero-order valence-corrected chi connectivity index (χ0v) is 9.24. The lowest BCUT2D eigenvalue weighted by molar-refractivity contribution is 0.587. The summed E-state index contributed by atoms with van der Waals surface area (Å²) >= 11 is 5.92. The lowest BCUT2D eigenvalue weighted by Gasteiger charge is -2.08. The molecule has 78 valence electrons. The van der Waals surface area contributed by atoms with Gasteiger partial charge in [0.15, 0.2) is 0 Å². The fourth-order valence-corrected chi connectivity index (χ4v) is 1.44. The molecule has 0 amide bonds. The average Bonchev–Trinajstić information content (AvgIpc) is 2.10. The second kappa shape index (κ2) is 5.32. The highest BCUT2D eigenvalue weighted by atomic mass is 35.5. The van der Waals surface area contributed by atoms with Gasteiger partial charge in [-0.1, -0.05) is 25.4 Å². The van der Waals surface area contributed by atoms with E-state index >= 15 is 0 Å². The normalized spacial score (nSPS) is 10.9. The van der Waals surface area contributed by atoms with E-state index < -0.39 is 0 Å². The summed E-state index contributed by atoms with van der Waals surface area (Å²) in [4.78, 5) is 0. The summed E-state index contributed by atoms with van der Waals surface area (Å²) in [7, 11) is 0. The van der Waals surface area contributed by atoms with Gasteiger partial charge in [0.05, 0.1) is 0 Å². The number of hydrogen-bond donors (Lipinski definition) is 1. The molecule has 1 aromatic carbocycles. The predicted molar refractivity (Wildman–Crippen MR) is 58.3 cm³/mol. The van der Waals surface area contributed by atoms with Crippen LogP contribution in [0.15, 0.2) is 18.2 Å². The molecule has 1 N–H and O–H groups in total. The highest BCUT2D eigenvalue weighted by Crippen LogP contribution is 2.17. The third kappa shape index (κ3) is 3.64. The van der Waals surface area contributed by atoms with E-state index in [0.29, 0.717) is 11.1 Å². The zero-order valence-electron chi connectivity index (χ0n) is 8.48. The zero-order chi connectivity index (χ0) is 10.6. The Bertz CT molecular complexity index is 299. The van der Waals surface area contributed by atoms with Gasteiger partial charge in [-0.25, -0.2) is 4.39 Å². The van der Waals surface area contributed by atoms with E-state index in [9.17, 15) is 4.39 Å². The van der Waals surface area contributed by atoms with Crippen LogP contribution in [0, 0.1) is 5.82 Å². The Morgan fingerprint density at radius 1 is 1.43 bits per heavy atom. The van der Waals surface area contributed by atoms with E-state index in [-0.39, 0.29) is 5.82 Å². The first-order valence-electron chi connectivity index (χ1n) is 4.77. The topological polar surface area (TPSA) is 12.0 Å². The van der Waals surface area contributed by atoms with Crippen molar-refractivity contribution in [3.05, 3.63) is 34.6 Å². The first-order chi connectivity index (χ1) is 6.59. The summed E-state index contributed by atoms with van der Waals surface area (Å²) in [6, 6.07) is 4.91. The van der Waals surface area contributed by atoms with E-state index in [1.54, 1.807) is 6.07 Å². The van der Waals surface area contributed by atoms with E-state index in [4.69, 9.17) is 11.6 Å². The van der Waals surface area contributed by atoms with Gasteiger partial charge in [-0.05, 0) is 36.7 Å². The van der Waals surface area contributed by atoms with Crippen molar-refractivity contribution in [3.8, 4) is 0 Å². The summed E-state index contributed by atoms with van der Waals surface area (Å²) < 4.78 is 12.9. The van der Waals surface area contributed by atoms with Crippen molar-refractivity contribution >= 4 is 11.6 Å². The van der Waals surface area contributed by atoms with Crippen LogP contribution in [0.5, 0.6) is 0 Å². The standard InChI is InChI=1S/C11H15ClFN/c1-8(2)14-6-5-9-7-10(13)3-4-11(9)12/h3-4,7-8,14H,5-6H2,1-2H3. The number of rotatable bonds is 4. The predicted octanol–water partition coefficient (Wildman–Crippen LogP) is 3.02. The highest BCUT2D eigenvalue weighted by molar-refractivity contribution is 6.31. The molecule has 0 aliphatic rings. The van der Waals surface area contributed by atoms with Crippen molar-refractivity contribution in [2.45, 2.75) is 26.3 Å². The Labute approximate surface area is 89.3 Å². The van der Waals surface area contributed by atoms with E-state index in [1.807, 2.05) is 0 Å². The maximum Gasteiger partial charge on any atom is 0.123 e. The number of hydrogen-bond acceptors (Lipinski definition) is 1. The van der Waals surface area contributed by atoms with Crippen LogP contribution in [0.1, 0.15) is 19.4 Å². The lowest BCUT2D eigenvalue weighted by atomic mass is 10.1. The van der Waals surface area contributed by atoms with E-state index in [0.717, 1.165) is 18.5 Å². The summed E-state index contributed by atoms with van der Waals surface area (Å²) in [6.07, 6.45) is 0.759. The van der Waals surface area contributed by atoms with E-state index in [2.05, 4.69) is 19.2 Å². The quantitative estimate of drug-likeness (QED) is 0.814. The minimum absolute atomic E-state index is 0.228. The minimum atomic E-state index is -0.228. The molecule has 0 atom stereocenters. The first kappa shape index (κ1) is 11.5. The van der Waals surface area contributed by atoms with Crippen molar-refractivity contribution in [2.75, 3.05) is 6.54 Å². The molecule has 0 spiro atoms.